The quantitative estimate of drug-likeness (QED) is 0.701. The van der Waals surface area contributed by atoms with Gasteiger partial charge in [0, 0.05) is 28.6 Å². The van der Waals surface area contributed by atoms with Crippen LogP contribution < -0.4 is 20.1 Å². The van der Waals surface area contributed by atoms with Crippen molar-refractivity contribution in [3.8, 4) is 11.5 Å². The minimum atomic E-state index is -0.378. The Morgan fingerprint density at radius 3 is 1.83 bits per heavy atom. The van der Waals surface area contributed by atoms with Gasteiger partial charge in [-0.2, -0.15) is 0 Å². The molecule has 0 spiro atoms. The van der Waals surface area contributed by atoms with Crippen LogP contribution in [0.15, 0.2) is 66.7 Å². The lowest BCUT2D eigenvalue weighted by molar-refractivity contribution is 0.101. The van der Waals surface area contributed by atoms with Crippen molar-refractivity contribution in [2.24, 2.45) is 0 Å². The molecule has 2 N–H and O–H groups in total. The fraction of sp³-hybridized carbons (Fsp3) is 0.0909. The third-order valence-corrected chi connectivity index (χ3v) is 4.31. The van der Waals surface area contributed by atoms with E-state index >= 15 is 0 Å². The summed E-state index contributed by atoms with van der Waals surface area (Å²) < 4.78 is 23.9. The molecule has 29 heavy (non-hydrogen) atoms. The number of benzene rings is 3. The van der Waals surface area contributed by atoms with Gasteiger partial charge < -0.3 is 20.1 Å². The highest BCUT2D eigenvalue weighted by atomic mass is 19.1. The molecule has 3 aromatic carbocycles. The first-order chi connectivity index (χ1) is 14.1. The van der Waals surface area contributed by atoms with E-state index in [9.17, 15) is 14.0 Å². The van der Waals surface area contributed by atoms with E-state index in [0.29, 0.717) is 47.2 Å². The highest BCUT2D eigenvalue weighted by Crippen LogP contribution is 2.32. The first-order valence-electron chi connectivity index (χ1n) is 8.96. The first kappa shape index (κ1) is 18.5. The van der Waals surface area contributed by atoms with Gasteiger partial charge in [0.1, 0.15) is 19.0 Å². The van der Waals surface area contributed by atoms with Gasteiger partial charge in [0.05, 0.1) is 0 Å². The maximum atomic E-state index is 12.9. The zero-order valence-corrected chi connectivity index (χ0v) is 15.3. The van der Waals surface area contributed by atoms with Crippen molar-refractivity contribution in [1.29, 1.82) is 0 Å². The standard InChI is InChI=1S/C22H17FN2O4/c23-16-5-7-17(8-6-16)24-21(26)14-1-3-15(4-2-14)22(27)25-18-9-10-19-20(13-18)29-12-11-28-19/h1-10,13H,11-12H2,(H,24,26)(H,25,27). The van der Waals surface area contributed by atoms with Gasteiger partial charge in [-0.1, -0.05) is 0 Å². The number of fused-ring (bicyclic) bond motifs is 1. The van der Waals surface area contributed by atoms with Crippen LogP contribution in [0, 0.1) is 5.82 Å². The molecule has 0 radical (unpaired) electrons. The van der Waals surface area contributed by atoms with Crippen molar-refractivity contribution in [3.63, 3.8) is 0 Å². The molecule has 0 aromatic heterocycles. The molecular formula is C22H17FN2O4. The van der Waals surface area contributed by atoms with Crippen LogP contribution in [-0.4, -0.2) is 25.0 Å². The molecule has 0 fully saturated rings. The molecule has 146 valence electrons. The normalized spacial score (nSPS) is 12.2. The lowest BCUT2D eigenvalue weighted by atomic mass is 10.1. The maximum absolute atomic E-state index is 12.9. The van der Waals surface area contributed by atoms with E-state index in [2.05, 4.69) is 10.6 Å². The van der Waals surface area contributed by atoms with Crippen LogP contribution in [-0.2, 0) is 0 Å². The Labute approximate surface area is 166 Å². The molecule has 1 aliphatic rings. The lowest BCUT2D eigenvalue weighted by Gasteiger charge is -2.19. The number of carbonyl (C=O) groups excluding carboxylic acids is 2. The Kier molecular flexibility index (Phi) is 5.11. The molecule has 0 saturated heterocycles. The van der Waals surface area contributed by atoms with E-state index < -0.39 is 0 Å². The summed E-state index contributed by atoms with van der Waals surface area (Å²) in [4.78, 5) is 24.7. The van der Waals surface area contributed by atoms with E-state index in [0.717, 1.165) is 0 Å². The SMILES string of the molecule is O=C(Nc1ccc(F)cc1)c1ccc(C(=O)Nc2ccc3c(c2)OCCO3)cc1. The maximum Gasteiger partial charge on any atom is 0.255 e. The van der Waals surface area contributed by atoms with Crippen LogP contribution in [0.25, 0.3) is 0 Å². The van der Waals surface area contributed by atoms with Gasteiger partial charge >= 0.3 is 0 Å². The molecule has 0 bridgehead atoms. The van der Waals surface area contributed by atoms with Crippen molar-refractivity contribution in [2.45, 2.75) is 0 Å². The topological polar surface area (TPSA) is 76.7 Å². The molecule has 0 aliphatic carbocycles. The minimum Gasteiger partial charge on any atom is -0.486 e. The molecule has 3 aromatic rings. The number of nitrogens with one attached hydrogen (secondary N) is 2. The summed E-state index contributed by atoms with van der Waals surface area (Å²) in [5, 5.41) is 5.46. The van der Waals surface area contributed by atoms with E-state index in [1.807, 2.05) is 0 Å². The molecule has 2 amide bonds. The van der Waals surface area contributed by atoms with E-state index in [1.54, 1.807) is 42.5 Å². The first-order valence-corrected chi connectivity index (χ1v) is 8.96. The second-order valence-electron chi connectivity index (χ2n) is 6.35. The Hall–Kier alpha value is -3.87. The van der Waals surface area contributed by atoms with Crippen LogP contribution in [0.1, 0.15) is 20.7 Å². The van der Waals surface area contributed by atoms with Crippen molar-refractivity contribution in [2.75, 3.05) is 23.8 Å². The Morgan fingerprint density at radius 1 is 0.690 bits per heavy atom. The van der Waals surface area contributed by atoms with Gasteiger partial charge in [-0.25, -0.2) is 4.39 Å². The monoisotopic (exact) mass is 392 g/mol. The highest BCUT2D eigenvalue weighted by molar-refractivity contribution is 6.07. The average molecular weight is 392 g/mol. The number of amides is 2. The van der Waals surface area contributed by atoms with Gasteiger partial charge in [-0.3, -0.25) is 9.59 Å². The molecule has 1 heterocycles. The van der Waals surface area contributed by atoms with Crippen molar-refractivity contribution in [1.82, 2.24) is 0 Å². The van der Waals surface area contributed by atoms with Crippen LogP contribution in [0.2, 0.25) is 0 Å². The van der Waals surface area contributed by atoms with Crippen LogP contribution in [0.3, 0.4) is 0 Å². The number of ether oxygens (including phenoxy) is 2. The smallest absolute Gasteiger partial charge is 0.255 e. The molecular weight excluding hydrogens is 375 g/mol. The average Bonchev–Trinajstić information content (AvgIpc) is 2.75. The highest BCUT2D eigenvalue weighted by Gasteiger charge is 2.14. The number of hydrogen-bond donors (Lipinski definition) is 2. The largest absolute Gasteiger partial charge is 0.486 e. The third kappa shape index (κ3) is 4.35. The molecule has 0 atom stereocenters. The molecule has 0 unspecified atom stereocenters. The number of rotatable bonds is 4. The second kappa shape index (κ2) is 8.02. The van der Waals surface area contributed by atoms with Crippen LogP contribution in [0.4, 0.5) is 15.8 Å². The molecule has 6 nitrogen and oxygen atoms in total. The molecule has 4 rings (SSSR count). The van der Waals surface area contributed by atoms with Gasteiger partial charge in [0.2, 0.25) is 0 Å². The van der Waals surface area contributed by atoms with E-state index in [1.165, 1.54) is 24.3 Å². The van der Waals surface area contributed by atoms with Crippen molar-refractivity contribution < 1.29 is 23.5 Å². The Morgan fingerprint density at radius 2 is 1.21 bits per heavy atom. The number of hydrogen-bond acceptors (Lipinski definition) is 4. The van der Waals surface area contributed by atoms with E-state index in [-0.39, 0.29) is 17.6 Å². The zero-order valence-electron chi connectivity index (χ0n) is 15.3. The summed E-state index contributed by atoms with van der Waals surface area (Å²) in [6.45, 7) is 0.964. The summed E-state index contributed by atoms with van der Waals surface area (Å²) in [5.41, 5.74) is 1.85. The molecule has 7 heteroatoms. The van der Waals surface area contributed by atoms with Gasteiger partial charge in [0.25, 0.3) is 11.8 Å². The number of carbonyl (C=O) groups is 2. The number of halogens is 1. The molecule has 0 saturated carbocycles. The van der Waals surface area contributed by atoms with Crippen LogP contribution >= 0.6 is 0 Å². The summed E-state index contributed by atoms with van der Waals surface area (Å²) >= 11 is 0. The van der Waals surface area contributed by atoms with Gasteiger partial charge in [-0.05, 0) is 60.7 Å². The minimum absolute atomic E-state index is 0.313. The Bertz CT molecular complexity index is 1050. The number of anilines is 2. The van der Waals surface area contributed by atoms with Crippen molar-refractivity contribution in [3.05, 3.63) is 83.7 Å². The Balaban J connectivity index is 1.41. The fourth-order valence-electron chi connectivity index (χ4n) is 2.83. The van der Waals surface area contributed by atoms with Gasteiger partial charge in [-0.15, -0.1) is 0 Å². The summed E-state index contributed by atoms with van der Waals surface area (Å²) in [5.74, 6) is 0.187. The summed E-state index contributed by atoms with van der Waals surface area (Å²) in [6.07, 6.45) is 0. The predicted molar refractivity (Wildman–Crippen MR) is 106 cm³/mol. The van der Waals surface area contributed by atoms with Gasteiger partial charge in [0.15, 0.2) is 11.5 Å². The fourth-order valence-corrected chi connectivity index (χ4v) is 2.83. The zero-order chi connectivity index (χ0) is 20.2. The predicted octanol–water partition coefficient (Wildman–Crippen LogP) is 4.10. The van der Waals surface area contributed by atoms with Crippen molar-refractivity contribution >= 4 is 23.2 Å². The third-order valence-electron chi connectivity index (χ3n) is 4.31. The van der Waals surface area contributed by atoms with E-state index in [4.69, 9.17) is 9.47 Å². The molecule has 1 aliphatic heterocycles. The summed E-state index contributed by atoms with van der Waals surface area (Å²) in [6, 6.07) is 16.9. The lowest BCUT2D eigenvalue weighted by Crippen LogP contribution is -2.16. The second-order valence-corrected chi connectivity index (χ2v) is 6.35. The summed E-state index contributed by atoms with van der Waals surface area (Å²) in [7, 11) is 0. The van der Waals surface area contributed by atoms with Crippen LogP contribution in [0.5, 0.6) is 11.5 Å².